The highest BCUT2D eigenvalue weighted by molar-refractivity contribution is 6.05. The van der Waals surface area contributed by atoms with Gasteiger partial charge < -0.3 is 14.5 Å². The molecule has 0 aliphatic rings. The fourth-order valence-electron chi connectivity index (χ4n) is 2.33. The van der Waals surface area contributed by atoms with E-state index < -0.39 is 0 Å². The van der Waals surface area contributed by atoms with Crippen molar-refractivity contribution in [2.75, 3.05) is 12.4 Å². The fourth-order valence-corrected chi connectivity index (χ4v) is 2.33. The zero-order valence-corrected chi connectivity index (χ0v) is 12.6. The summed E-state index contributed by atoms with van der Waals surface area (Å²) in [5, 5.41) is 3.67. The molecule has 22 heavy (non-hydrogen) atoms. The van der Waals surface area contributed by atoms with Crippen LogP contribution in [0, 0.1) is 0 Å². The molecule has 0 aliphatic carbocycles. The van der Waals surface area contributed by atoms with Gasteiger partial charge in [-0.05, 0) is 36.2 Å². The molecule has 0 radical (unpaired) electrons. The van der Waals surface area contributed by atoms with Gasteiger partial charge in [-0.25, -0.2) is 0 Å². The number of para-hydroxylation sites is 1. The number of aryl methyl sites for hydroxylation is 1. The number of fused-ring (bicyclic) bond motifs is 1. The Morgan fingerprint density at radius 3 is 2.64 bits per heavy atom. The average molecular weight is 295 g/mol. The zero-order valence-electron chi connectivity index (χ0n) is 12.6. The maximum absolute atomic E-state index is 12.3. The van der Waals surface area contributed by atoms with Gasteiger partial charge in [0.25, 0.3) is 5.91 Å². The summed E-state index contributed by atoms with van der Waals surface area (Å²) < 4.78 is 10.9. The average Bonchev–Trinajstić information content (AvgIpc) is 2.99. The molecule has 4 nitrogen and oxygen atoms in total. The fraction of sp³-hybridized carbons (Fsp3) is 0.167. The first-order valence-electron chi connectivity index (χ1n) is 7.18. The molecule has 4 heteroatoms. The Morgan fingerprint density at radius 1 is 1.18 bits per heavy atom. The molecule has 0 fully saturated rings. The SMILES string of the molecule is CCc1ccc(NC(=O)c2cc3cccc(OC)c3o2)cc1. The second-order valence-electron chi connectivity index (χ2n) is 4.99. The molecule has 0 spiro atoms. The lowest BCUT2D eigenvalue weighted by Crippen LogP contribution is -2.10. The zero-order chi connectivity index (χ0) is 15.5. The molecule has 1 aromatic heterocycles. The normalized spacial score (nSPS) is 10.6. The summed E-state index contributed by atoms with van der Waals surface area (Å²) in [6.45, 7) is 2.09. The molecular formula is C18H17NO3. The van der Waals surface area contributed by atoms with Crippen LogP contribution in [0.5, 0.6) is 5.75 Å². The van der Waals surface area contributed by atoms with Crippen LogP contribution in [0.15, 0.2) is 52.9 Å². The van der Waals surface area contributed by atoms with Crippen LogP contribution >= 0.6 is 0 Å². The summed E-state index contributed by atoms with van der Waals surface area (Å²) in [6.07, 6.45) is 0.970. The molecule has 0 bridgehead atoms. The van der Waals surface area contributed by atoms with Crippen molar-refractivity contribution in [3.05, 3.63) is 59.9 Å². The van der Waals surface area contributed by atoms with Gasteiger partial charge in [0.05, 0.1) is 7.11 Å². The predicted molar refractivity (Wildman–Crippen MR) is 86.5 cm³/mol. The first-order chi connectivity index (χ1) is 10.7. The van der Waals surface area contributed by atoms with Crippen molar-refractivity contribution >= 4 is 22.6 Å². The summed E-state index contributed by atoms with van der Waals surface area (Å²) in [5.74, 6) is 0.602. The minimum atomic E-state index is -0.275. The number of benzene rings is 2. The van der Waals surface area contributed by atoms with Gasteiger partial charge in [-0.1, -0.05) is 31.2 Å². The van der Waals surface area contributed by atoms with Crippen LogP contribution in [0.4, 0.5) is 5.69 Å². The van der Waals surface area contributed by atoms with Gasteiger partial charge in [-0.15, -0.1) is 0 Å². The molecule has 3 rings (SSSR count). The summed E-state index contributed by atoms with van der Waals surface area (Å²) in [7, 11) is 1.58. The third-order valence-electron chi connectivity index (χ3n) is 3.57. The molecular weight excluding hydrogens is 278 g/mol. The maximum atomic E-state index is 12.3. The van der Waals surface area contributed by atoms with Crippen LogP contribution in [0.1, 0.15) is 23.0 Å². The minimum Gasteiger partial charge on any atom is -0.493 e. The van der Waals surface area contributed by atoms with Gasteiger partial charge in [0.1, 0.15) is 0 Å². The van der Waals surface area contributed by atoms with Crippen LogP contribution in [0.25, 0.3) is 11.0 Å². The largest absolute Gasteiger partial charge is 0.493 e. The lowest BCUT2D eigenvalue weighted by molar-refractivity contribution is 0.0998. The molecule has 1 amide bonds. The van der Waals surface area contributed by atoms with E-state index in [2.05, 4.69) is 12.2 Å². The van der Waals surface area contributed by atoms with Gasteiger partial charge in [0, 0.05) is 11.1 Å². The van der Waals surface area contributed by atoms with E-state index in [0.29, 0.717) is 11.3 Å². The van der Waals surface area contributed by atoms with Crippen LogP contribution in [-0.2, 0) is 6.42 Å². The van der Waals surface area contributed by atoms with E-state index in [0.717, 1.165) is 17.5 Å². The summed E-state index contributed by atoms with van der Waals surface area (Å²) in [5.41, 5.74) is 2.55. The maximum Gasteiger partial charge on any atom is 0.291 e. The number of hydrogen-bond acceptors (Lipinski definition) is 3. The number of anilines is 1. The number of carbonyl (C=O) groups excluding carboxylic acids is 1. The number of carbonyl (C=O) groups is 1. The first-order valence-corrected chi connectivity index (χ1v) is 7.18. The Labute approximate surface area is 128 Å². The van der Waals surface area contributed by atoms with Crippen LogP contribution in [0.2, 0.25) is 0 Å². The highest BCUT2D eigenvalue weighted by Crippen LogP contribution is 2.28. The van der Waals surface area contributed by atoms with Crippen molar-refractivity contribution in [2.24, 2.45) is 0 Å². The monoisotopic (exact) mass is 295 g/mol. The Balaban J connectivity index is 1.85. The first kappa shape index (κ1) is 14.2. The summed E-state index contributed by atoms with van der Waals surface area (Å²) in [6, 6.07) is 15.0. The van der Waals surface area contributed by atoms with Gasteiger partial charge in [-0.3, -0.25) is 4.79 Å². The standard InChI is InChI=1S/C18H17NO3/c1-3-12-7-9-14(10-8-12)19-18(20)16-11-13-5-4-6-15(21-2)17(13)22-16/h4-11H,3H2,1-2H3,(H,19,20). The van der Waals surface area contributed by atoms with Gasteiger partial charge in [0.15, 0.2) is 17.1 Å². The quantitative estimate of drug-likeness (QED) is 0.782. The molecule has 112 valence electrons. The molecule has 0 aliphatic heterocycles. The second-order valence-corrected chi connectivity index (χ2v) is 4.99. The summed E-state index contributed by atoms with van der Waals surface area (Å²) >= 11 is 0. The third-order valence-corrected chi connectivity index (χ3v) is 3.57. The Kier molecular flexibility index (Phi) is 3.83. The van der Waals surface area contributed by atoms with Crippen molar-refractivity contribution in [3.63, 3.8) is 0 Å². The van der Waals surface area contributed by atoms with E-state index in [4.69, 9.17) is 9.15 Å². The molecule has 0 saturated carbocycles. The number of hydrogen-bond donors (Lipinski definition) is 1. The van der Waals surface area contributed by atoms with E-state index in [-0.39, 0.29) is 11.7 Å². The molecule has 3 aromatic rings. The van der Waals surface area contributed by atoms with E-state index in [1.54, 1.807) is 19.2 Å². The van der Waals surface area contributed by atoms with Crippen LogP contribution in [0.3, 0.4) is 0 Å². The Hall–Kier alpha value is -2.75. The van der Waals surface area contributed by atoms with Crippen molar-refractivity contribution in [3.8, 4) is 5.75 Å². The number of methoxy groups -OCH3 is 1. The molecule has 0 unspecified atom stereocenters. The van der Waals surface area contributed by atoms with Crippen molar-refractivity contribution in [2.45, 2.75) is 13.3 Å². The Morgan fingerprint density at radius 2 is 1.95 bits per heavy atom. The number of nitrogens with one attached hydrogen (secondary N) is 1. The number of amides is 1. The molecule has 1 N–H and O–H groups in total. The van der Waals surface area contributed by atoms with E-state index in [1.807, 2.05) is 36.4 Å². The molecule has 1 heterocycles. The molecule has 0 saturated heterocycles. The highest BCUT2D eigenvalue weighted by Gasteiger charge is 2.14. The number of rotatable bonds is 4. The van der Waals surface area contributed by atoms with Crippen molar-refractivity contribution < 1.29 is 13.9 Å². The van der Waals surface area contributed by atoms with Gasteiger partial charge in [0.2, 0.25) is 0 Å². The van der Waals surface area contributed by atoms with Crippen molar-refractivity contribution in [1.29, 1.82) is 0 Å². The second kappa shape index (κ2) is 5.93. The molecule has 0 atom stereocenters. The lowest BCUT2D eigenvalue weighted by Gasteiger charge is -2.04. The molecule has 2 aromatic carbocycles. The lowest BCUT2D eigenvalue weighted by atomic mass is 10.1. The van der Waals surface area contributed by atoms with E-state index in [1.165, 1.54) is 5.56 Å². The van der Waals surface area contributed by atoms with E-state index in [9.17, 15) is 4.79 Å². The van der Waals surface area contributed by atoms with Crippen molar-refractivity contribution in [1.82, 2.24) is 0 Å². The van der Waals surface area contributed by atoms with Gasteiger partial charge >= 0.3 is 0 Å². The van der Waals surface area contributed by atoms with E-state index >= 15 is 0 Å². The van der Waals surface area contributed by atoms with Crippen LogP contribution in [-0.4, -0.2) is 13.0 Å². The topological polar surface area (TPSA) is 51.5 Å². The highest BCUT2D eigenvalue weighted by atomic mass is 16.5. The predicted octanol–water partition coefficient (Wildman–Crippen LogP) is 4.26. The van der Waals surface area contributed by atoms with Gasteiger partial charge in [-0.2, -0.15) is 0 Å². The van der Waals surface area contributed by atoms with Crippen LogP contribution < -0.4 is 10.1 Å². The smallest absolute Gasteiger partial charge is 0.291 e. The number of furan rings is 1. The summed E-state index contributed by atoms with van der Waals surface area (Å²) in [4.78, 5) is 12.3. The third kappa shape index (κ3) is 2.68. The minimum absolute atomic E-state index is 0.263. The Bertz CT molecular complexity index is 803. The number of ether oxygens (including phenoxy) is 1.